The van der Waals surface area contributed by atoms with E-state index in [1.807, 2.05) is 0 Å². The molecule has 1 heterocycles. The molecule has 8 heteroatoms. The number of hydrogen-bond acceptors (Lipinski definition) is 3. The van der Waals surface area contributed by atoms with Crippen molar-refractivity contribution in [2.24, 2.45) is 0 Å². The van der Waals surface area contributed by atoms with Gasteiger partial charge in [0.25, 0.3) is 15.9 Å². The van der Waals surface area contributed by atoms with Crippen LogP contribution in [0, 0.1) is 5.82 Å². The van der Waals surface area contributed by atoms with E-state index in [9.17, 15) is 17.6 Å². The molecule has 0 radical (unpaired) electrons. The lowest BCUT2D eigenvalue weighted by Crippen LogP contribution is -2.27. The van der Waals surface area contributed by atoms with Crippen molar-refractivity contribution >= 4 is 33.2 Å². The highest BCUT2D eigenvalue weighted by atomic mass is 35.5. The predicted molar refractivity (Wildman–Crippen MR) is 93.8 cm³/mol. The zero-order valence-electron chi connectivity index (χ0n) is 13.2. The van der Waals surface area contributed by atoms with Crippen molar-refractivity contribution in [1.82, 2.24) is 4.90 Å². The Hall–Kier alpha value is -2.12. The van der Waals surface area contributed by atoms with Gasteiger partial charge in [-0.25, -0.2) is 12.8 Å². The highest BCUT2D eigenvalue weighted by molar-refractivity contribution is 7.92. The Labute approximate surface area is 150 Å². The Kier molecular flexibility index (Phi) is 4.96. The third-order valence-corrected chi connectivity index (χ3v) is 5.82. The van der Waals surface area contributed by atoms with Crippen molar-refractivity contribution in [1.29, 1.82) is 0 Å². The minimum Gasteiger partial charge on any atom is -0.339 e. The van der Waals surface area contributed by atoms with Crippen LogP contribution < -0.4 is 4.72 Å². The van der Waals surface area contributed by atoms with Gasteiger partial charge in [0.2, 0.25) is 0 Å². The molecule has 1 aliphatic rings. The van der Waals surface area contributed by atoms with E-state index in [0.717, 1.165) is 25.0 Å². The van der Waals surface area contributed by atoms with Gasteiger partial charge in [-0.05, 0) is 55.3 Å². The number of nitrogens with one attached hydrogen (secondary N) is 1. The molecule has 1 amide bonds. The summed E-state index contributed by atoms with van der Waals surface area (Å²) >= 11 is 6.03. The second-order valence-corrected chi connectivity index (χ2v) is 7.81. The minimum absolute atomic E-state index is 0.00702. The standard InChI is InChI=1S/C17H16ClFN2O3S/c18-15-8-3-12(17(22)21-9-1-2-10-21)11-16(15)25(23,24)20-14-6-4-13(19)5-7-14/h3-8,11,20H,1-2,9-10H2. The molecule has 2 aromatic carbocycles. The first-order valence-corrected chi connectivity index (χ1v) is 9.60. The van der Waals surface area contributed by atoms with E-state index in [0.29, 0.717) is 13.1 Å². The molecule has 0 unspecified atom stereocenters. The fraction of sp³-hybridized carbons (Fsp3) is 0.235. The number of anilines is 1. The summed E-state index contributed by atoms with van der Waals surface area (Å²) in [5, 5.41) is 0.00702. The zero-order chi connectivity index (χ0) is 18.0. The molecule has 25 heavy (non-hydrogen) atoms. The van der Waals surface area contributed by atoms with E-state index < -0.39 is 15.8 Å². The van der Waals surface area contributed by atoms with Gasteiger partial charge in [-0.15, -0.1) is 0 Å². The van der Waals surface area contributed by atoms with Crippen LogP contribution in [0.5, 0.6) is 0 Å². The first-order chi connectivity index (χ1) is 11.9. The number of carbonyl (C=O) groups excluding carboxylic acids is 1. The van der Waals surface area contributed by atoms with Gasteiger partial charge in [0.1, 0.15) is 10.7 Å². The minimum atomic E-state index is -4.01. The summed E-state index contributed by atoms with van der Waals surface area (Å²) in [7, 11) is -4.01. The Morgan fingerprint density at radius 2 is 1.72 bits per heavy atom. The van der Waals surface area contributed by atoms with Crippen molar-refractivity contribution in [2.45, 2.75) is 17.7 Å². The molecular weight excluding hydrogens is 367 g/mol. The first-order valence-electron chi connectivity index (χ1n) is 7.74. The second-order valence-electron chi connectivity index (χ2n) is 5.76. The lowest BCUT2D eigenvalue weighted by molar-refractivity contribution is 0.0792. The summed E-state index contributed by atoms with van der Waals surface area (Å²) in [6, 6.07) is 9.08. The molecule has 0 atom stereocenters. The summed E-state index contributed by atoms with van der Waals surface area (Å²) in [5.74, 6) is -0.688. The summed E-state index contributed by atoms with van der Waals surface area (Å²) < 4.78 is 40.5. The molecule has 1 aliphatic heterocycles. The number of benzene rings is 2. The van der Waals surface area contributed by atoms with Crippen molar-refractivity contribution in [3.8, 4) is 0 Å². The average molecular weight is 383 g/mol. The summed E-state index contributed by atoms with van der Waals surface area (Å²) in [6.07, 6.45) is 1.88. The van der Waals surface area contributed by atoms with E-state index in [1.165, 1.54) is 30.3 Å². The number of likely N-dealkylation sites (tertiary alicyclic amines) is 1. The highest BCUT2D eigenvalue weighted by Crippen LogP contribution is 2.26. The quantitative estimate of drug-likeness (QED) is 0.879. The van der Waals surface area contributed by atoms with Gasteiger partial charge in [-0.3, -0.25) is 9.52 Å². The zero-order valence-corrected chi connectivity index (χ0v) is 14.8. The molecule has 2 aromatic rings. The Morgan fingerprint density at radius 3 is 2.36 bits per heavy atom. The molecule has 132 valence electrons. The fourth-order valence-corrected chi connectivity index (χ4v) is 4.26. The predicted octanol–water partition coefficient (Wildman–Crippen LogP) is 3.52. The van der Waals surface area contributed by atoms with Crippen LogP contribution in [0.4, 0.5) is 10.1 Å². The Balaban J connectivity index is 1.90. The van der Waals surface area contributed by atoms with Gasteiger partial charge in [-0.2, -0.15) is 0 Å². The first kappa shape index (κ1) is 17.7. The van der Waals surface area contributed by atoms with Crippen LogP contribution in [0.25, 0.3) is 0 Å². The average Bonchev–Trinajstić information content (AvgIpc) is 3.11. The molecular formula is C17H16ClFN2O3S. The van der Waals surface area contributed by atoms with Crippen LogP contribution in [-0.4, -0.2) is 32.3 Å². The molecule has 0 saturated carbocycles. The third-order valence-electron chi connectivity index (χ3n) is 3.96. The number of rotatable bonds is 4. The van der Waals surface area contributed by atoms with Crippen molar-refractivity contribution in [2.75, 3.05) is 17.8 Å². The normalized spacial score (nSPS) is 14.6. The Morgan fingerprint density at radius 1 is 1.08 bits per heavy atom. The second kappa shape index (κ2) is 7.01. The molecule has 0 aliphatic carbocycles. The lowest BCUT2D eigenvalue weighted by Gasteiger charge is -2.16. The number of halogens is 2. The number of sulfonamides is 1. The van der Waals surface area contributed by atoms with E-state index in [1.54, 1.807) is 4.90 Å². The molecule has 3 rings (SSSR count). The molecule has 1 N–H and O–H groups in total. The van der Waals surface area contributed by atoms with Gasteiger partial charge in [0, 0.05) is 24.3 Å². The smallest absolute Gasteiger partial charge is 0.263 e. The monoisotopic (exact) mass is 382 g/mol. The van der Waals surface area contributed by atoms with Gasteiger partial charge in [-0.1, -0.05) is 11.6 Å². The molecule has 0 bridgehead atoms. The maximum absolute atomic E-state index is 13.0. The lowest BCUT2D eigenvalue weighted by atomic mass is 10.2. The van der Waals surface area contributed by atoms with E-state index in [2.05, 4.69) is 4.72 Å². The van der Waals surface area contributed by atoms with Crippen LogP contribution in [-0.2, 0) is 10.0 Å². The van der Waals surface area contributed by atoms with Gasteiger partial charge < -0.3 is 4.90 Å². The molecule has 1 saturated heterocycles. The number of hydrogen-bond donors (Lipinski definition) is 1. The van der Waals surface area contributed by atoms with Crippen molar-refractivity contribution in [3.05, 3.63) is 58.9 Å². The largest absolute Gasteiger partial charge is 0.339 e. The van der Waals surface area contributed by atoms with Gasteiger partial charge in [0.15, 0.2) is 0 Å². The molecule has 1 fully saturated rings. The molecule has 0 spiro atoms. The van der Waals surface area contributed by atoms with Crippen LogP contribution in [0.3, 0.4) is 0 Å². The van der Waals surface area contributed by atoms with E-state index in [4.69, 9.17) is 11.6 Å². The van der Waals surface area contributed by atoms with Crippen LogP contribution in [0.2, 0.25) is 5.02 Å². The number of nitrogens with zero attached hydrogens (tertiary/aromatic N) is 1. The molecule has 5 nitrogen and oxygen atoms in total. The van der Waals surface area contributed by atoms with Crippen LogP contribution in [0.15, 0.2) is 47.4 Å². The number of carbonyl (C=O) groups is 1. The maximum atomic E-state index is 13.0. The highest BCUT2D eigenvalue weighted by Gasteiger charge is 2.24. The summed E-state index contributed by atoms with van der Waals surface area (Å²) in [6.45, 7) is 1.33. The number of amides is 1. The van der Waals surface area contributed by atoms with Gasteiger partial charge in [0.05, 0.1) is 5.02 Å². The van der Waals surface area contributed by atoms with Crippen LogP contribution in [0.1, 0.15) is 23.2 Å². The fourth-order valence-electron chi connectivity index (χ4n) is 2.67. The van der Waals surface area contributed by atoms with Crippen molar-refractivity contribution < 1.29 is 17.6 Å². The molecule has 0 aromatic heterocycles. The van der Waals surface area contributed by atoms with Crippen LogP contribution >= 0.6 is 11.6 Å². The maximum Gasteiger partial charge on any atom is 0.263 e. The van der Waals surface area contributed by atoms with E-state index in [-0.39, 0.29) is 27.1 Å². The van der Waals surface area contributed by atoms with E-state index >= 15 is 0 Å². The van der Waals surface area contributed by atoms with Gasteiger partial charge >= 0.3 is 0 Å². The summed E-state index contributed by atoms with van der Waals surface area (Å²) in [4.78, 5) is 14.0. The topological polar surface area (TPSA) is 66.5 Å². The third kappa shape index (κ3) is 3.93. The Bertz CT molecular complexity index is 895. The SMILES string of the molecule is O=C(c1ccc(Cl)c(S(=O)(=O)Nc2ccc(F)cc2)c1)N1CCCC1. The van der Waals surface area contributed by atoms with Crippen molar-refractivity contribution in [3.63, 3.8) is 0 Å². The summed E-state index contributed by atoms with van der Waals surface area (Å²) in [5.41, 5.74) is 0.472.